The lowest BCUT2D eigenvalue weighted by atomic mass is 10.1. The number of nitrogens with zero attached hydrogens (tertiary/aromatic N) is 2. The third kappa shape index (κ3) is 4.80. The molecule has 1 saturated heterocycles. The Labute approximate surface area is 161 Å². The highest BCUT2D eigenvalue weighted by molar-refractivity contribution is 5.94. The fourth-order valence-electron chi connectivity index (χ4n) is 3.33. The van der Waals surface area contributed by atoms with E-state index in [0.29, 0.717) is 18.7 Å². The highest BCUT2D eigenvalue weighted by Crippen LogP contribution is 2.22. The molecule has 0 radical (unpaired) electrons. The van der Waals surface area contributed by atoms with Crippen LogP contribution in [0.5, 0.6) is 5.75 Å². The highest BCUT2D eigenvalue weighted by atomic mass is 16.5. The normalized spacial score (nSPS) is 16.3. The molecule has 1 fully saturated rings. The molecule has 0 saturated carbocycles. The van der Waals surface area contributed by atoms with Gasteiger partial charge in [-0.1, -0.05) is 18.2 Å². The van der Waals surface area contributed by atoms with Gasteiger partial charge in [0.25, 0.3) is 5.91 Å². The van der Waals surface area contributed by atoms with Gasteiger partial charge in [0, 0.05) is 50.1 Å². The molecule has 0 bridgehead atoms. The van der Waals surface area contributed by atoms with E-state index in [1.165, 1.54) is 0 Å². The Morgan fingerprint density at radius 1 is 1.19 bits per heavy atom. The van der Waals surface area contributed by atoms with E-state index in [1.54, 1.807) is 17.0 Å². The van der Waals surface area contributed by atoms with Crippen molar-refractivity contribution in [2.45, 2.75) is 32.4 Å². The van der Waals surface area contributed by atoms with Crippen LogP contribution in [-0.2, 0) is 11.3 Å². The van der Waals surface area contributed by atoms with Crippen LogP contribution in [0.3, 0.4) is 0 Å². The number of para-hydroxylation sites is 1. The Morgan fingerprint density at radius 2 is 1.93 bits per heavy atom. The number of aromatic hydroxyl groups is 1. The fourth-order valence-corrected chi connectivity index (χ4v) is 3.33. The molecule has 0 aliphatic carbocycles. The van der Waals surface area contributed by atoms with E-state index in [9.17, 15) is 9.90 Å². The second kappa shape index (κ2) is 8.91. The number of benzene rings is 2. The Hall–Kier alpha value is -2.53. The Bertz CT molecular complexity index is 754. The number of carbonyl (C=O) groups is 1. The fraction of sp³-hybridized carbons (Fsp3) is 0.409. The maximum absolute atomic E-state index is 13.2. The molecule has 1 unspecified atom stereocenters. The topological polar surface area (TPSA) is 53.0 Å². The Morgan fingerprint density at radius 3 is 2.56 bits per heavy atom. The van der Waals surface area contributed by atoms with Crippen molar-refractivity contribution in [2.24, 2.45) is 0 Å². The van der Waals surface area contributed by atoms with Crippen LogP contribution in [0.2, 0.25) is 0 Å². The van der Waals surface area contributed by atoms with Crippen molar-refractivity contribution >= 4 is 11.6 Å². The van der Waals surface area contributed by atoms with Gasteiger partial charge < -0.3 is 19.6 Å². The van der Waals surface area contributed by atoms with E-state index >= 15 is 0 Å². The predicted octanol–water partition coefficient (Wildman–Crippen LogP) is 3.67. The molecule has 1 aliphatic rings. The second-order valence-electron chi connectivity index (χ2n) is 7.01. The molecule has 1 aliphatic heterocycles. The van der Waals surface area contributed by atoms with Crippen molar-refractivity contribution < 1.29 is 14.6 Å². The molecule has 1 amide bonds. The first-order valence-electron chi connectivity index (χ1n) is 9.57. The average molecular weight is 368 g/mol. The molecule has 1 atom stereocenters. The third-order valence-corrected chi connectivity index (χ3v) is 5.12. The average Bonchev–Trinajstić information content (AvgIpc) is 3.21. The Balaban J connectivity index is 1.80. The van der Waals surface area contributed by atoms with Crippen molar-refractivity contribution in [3.8, 4) is 5.75 Å². The SMILES string of the molecule is CCN(C)c1ccc(C(=O)N(Cc2ccccc2O)CC2CCCO2)cc1. The number of ether oxygens (including phenoxy) is 1. The summed E-state index contributed by atoms with van der Waals surface area (Å²) < 4.78 is 5.74. The smallest absolute Gasteiger partial charge is 0.254 e. The minimum atomic E-state index is -0.0422. The van der Waals surface area contributed by atoms with Gasteiger partial charge in [-0.15, -0.1) is 0 Å². The molecule has 5 heteroatoms. The first-order valence-corrected chi connectivity index (χ1v) is 9.57. The summed E-state index contributed by atoms with van der Waals surface area (Å²) in [5.41, 5.74) is 2.48. The number of phenols is 1. The molecule has 1 N–H and O–H groups in total. The van der Waals surface area contributed by atoms with Gasteiger partial charge in [-0.05, 0) is 50.1 Å². The quantitative estimate of drug-likeness (QED) is 0.810. The molecule has 0 spiro atoms. The number of phenolic OH excluding ortho intramolecular Hbond substituents is 1. The maximum Gasteiger partial charge on any atom is 0.254 e. The van der Waals surface area contributed by atoms with Gasteiger partial charge in [0.05, 0.1) is 6.10 Å². The van der Waals surface area contributed by atoms with Gasteiger partial charge in [-0.3, -0.25) is 4.79 Å². The van der Waals surface area contributed by atoms with Gasteiger partial charge in [-0.25, -0.2) is 0 Å². The summed E-state index contributed by atoms with van der Waals surface area (Å²) >= 11 is 0. The summed E-state index contributed by atoms with van der Waals surface area (Å²) in [4.78, 5) is 17.1. The minimum Gasteiger partial charge on any atom is -0.508 e. The molecule has 1 heterocycles. The molecule has 2 aromatic carbocycles. The zero-order valence-corrected chi connectivity index (χ0v) is 16.1. The van der Waals surface area contributed by atoms with Crippen molar-refractivity contribution in [3.05, 3.63) is 59.7 Å². The summed E-state index contributed by atoms with van der Waals surface area (Å²) in [6.45, 7) is 4.65. The summed E-state index contributed by atoms with van der Waals surface area (Å²) in [5, 5.41) is 10.1. The molecule has 0 aromatic heterocycles. The first kappa shape index (κ1) is 19.2. The second-order valence-corrected chi connectivity index (χ2v) is 7.01. The molecular formula is C22H28N2O3. The van der Waals surface area contributed by atoms with Crippen LogP contribution in [0.25, 0.3) is 0 Å². The zero-order chi connectivity index (χ0) is 19.2. The first-order chi connectivity index (χ1) is 13.1. The Kier molecular flexibility index (Phi) is 6.35. The largest absolute Gasteiger partial charge is 0.508 e. The predicted molar refractivity (Wildman–Crippen MR) is 107 cm³/mol. The lowest BCUT2D eigenvalue weighted by molar-refractivity contribution is 0.0506. The molecule has 27 heavy (non-hydrogen) atoms. The molecular weight excluding hydrogens is 340 g/mol. The van der Waals surface area contributed by atoms with Crippen LogP contribution < -0.4 is 4.90 Å². The van der Waals surface area contributed by atoms with Gasteiger partial charge in [0.2, 0.25) is 0 Å². The standard InChI is InChI=1S/C22H28N2O3/c1-3-23(2)19-12-10-17(11-13-19)22(26)24(16-20-8-6-14-27-20)15-18-7-4-5-9-21(18)25/h4-5,7,9-13,20,25H,3,6,8,14-16H2,1-2H3. The zero-order valence-electron chi connectivity index (χ0n) is 16.1. The third-order valence-electron chi connectivity index (χ3n) is 5.12. The van der Waals surface area contributed by atoms with Crippen LogP contribution in [0, 0.1) is 0 Å². The van der Waals surface area contributed by atoms with Crippen molar-refractivity contribution in [1.29, 1.82) is 0 Å². The summed E-state index contributed by atoms with van der Waals surface area (Å²) in [6, 6.07) is 14.9. The molecule has 144 valence electrons. The molecule has 2 aromatic rings. The van der Waals surface area contributed by atoms with Gasteiger partial charge >= 0.3 is 0 Å². The van der Waals surface area contributed by atoms with E-state index < -0.39 is 0 Å². The van der Waals surface area contributed by atoms with E-state index in [2.05, 4.69) is 11.8 Å². The van der Waals surface area contributed by atoms with Crippen molar-refractivity contribution in [1.82, 2.24) is 4.90 Å². The van der Waals surface area contributed by atoms with E-state index in [4.69, 9.17) is 4.74 Å². The van der Waals surface area contributed by atoms with Gasteiger partial charge in [0.15, 0.2) is 0 Å². The van der Waals surface area contributed by atoms with Crippen molar-refractivity contribution in [3.63, 3.8) is 0 Å². The summed E-state index contributed by atoms with van der Waals surface area (Å²) in [6.07, 6.45) is 2.05. The van der Waals surface area contributed by atoms with Gasteiger partial charge in [0.1, 0.15) is 5.75 Å². The monoisotopic (exact) mass is 368 g/mol. The molecule has 3 rings (SSSR count). The number of amides is 1. The maximum atomic E-state index is 13.2. The van der Waals surface area contributed by atoms with Crippen LogP contribution >= 0.6 is 0 Å². The van der Waals surface area contributed by atoms with Gasteiger partial charge in [-0.2, -0.15) is 0 Å². The van der Waals surface area contributed by atoms with E-state index in [-0.39, 0.29) is 17.8 Å². The number of hydrogen-bond donors (Lipinski definition) is 1. The van der Waals surface area contributed by atoms with Crippen LogP contribution in [0.15, 0.2) is 48.5 Å². The number of rotatable bonds is 7. The lowest BCUT2D eigenvalue weighted by Crippen LogP contribution is -2.37. The van der Waals surface area contributed by atoms with Crippen LogP contribution in [0.1, 0.15) is 35.7 Å². The number of hydrogen-bond acceptors (Lipinski definition) is 4. The highest BCUT2D eigenvalue weighted by Gasteiger charge is 2.24. The summed E-state index contributed by atoms with van der Waals surface area (Å²) in [5.74, 6) is 0.169. The van der Waals surface area contributed by atoms with E-state index in [0.717, 1.165) is 37.2 Å². The lowest BCUT2D eigenvalue weighted by Gasteiger charge is -2.26. The number of carbonyl (C=O) groups excluding carboxylic acids is 1. The number of anilines is 1. The van der Waals surface area contributed by atoms with Crippen LogP contribution in [0.4, 0.5) is 5.69 Å². The molecule has 5 nitrogen and oxygen atoms in total. The van der Waals surface area contributed by atoms with E-state index in [1.807, 2.05) is 43.4 Å². The van der Waals surface area contributed by atoms with Crippen molar-refractivity contribution in [2.75, 3.05) is 31.6 Å². The minimum absolute atomic E-state index is 0.0422. The summed E-state index contributed by atoms with van der Waals surface area (Å²) in [7, 11) is 2.03. The van der Waals surface area contributed by atoms with Crippen LogP contribution in [-0.4, -0.2) is 48.8 Å².